The summed E-state index contributed by atoms with van der Waals surface area (Å²) in [6.07, 6.45) is -0.354. The van der Waals surface area contributed by atoms with Crippen molar-refractivity contribution in [1.29, 1.82) is 0 Å². The van der Waals surface area contributed by atoms with E-state index in [0.717, 1.165) is 8.78 Å². The van der Waals surface area contributed by atoms with Crippen molar-refractivity contribution in [2.45, 2.75) is 11.3 Å². The van der Waals surface area contributed by atoms with Gasteiger partial charge < -0.3 is 5.11 Å². The van der Waals surface area contributed by atoms with Gasteiger partial charge in [-0.1, -0.05) is 39.1 Å². The minimum Gasteiger partial charge on any atom is -0.481 e. The van der Waals surface area contributed by atoms with Crippen LogP contribution in [0.15, 0.2) is 51.8 Å². The van der Waals surface area contributed by atoms with E-state index in [2.05, 4.69) is 15.9 Å². The van der Waals surface area contributed by atoms with E-state index in [0.29, 0.717) is 5.69 Å². The largest absolute Gasteiger partial charge is 0.481 e. The quantitative estimate of drug-likeness (QED) is 0.703. The molecule has 0 spiro atoms. The molecule has 0 heterocycles. The Morgan fingerprint density at radius 2 is 1.75 bits per heavy atom. The third-order valence-electron chi connectivity index (χ3n) is 3.10. The van der Waals surface area contributed by atoms with Gasteiger partial charge in [0.1, 0.15) is 4.90 Å². The molecule has 2 aromatic carbocycles. The predicted molar refractivity (Wildman–Crippen MR) is 97.4 cm³/mol. The average molecular weight is 453 g/mol. The third kappa shape index (κ3) is 4.42. The molecule has 0 unspecified atom stereocenters. The summed E-state index contributed by atoms with van der Waals surface area (Å²) in [4.78, 5) is 10.7. The molecule has 9 heteroatoms. The zero-order chi connectivity index (χ0) is 17.9. The number of sulfonamides is 1. The average Bonchev–Trinajstić information content (AvgIpc) is 2.51. The van der Waals surface area contributed by atoms with Crippen LogP contribution in [-0.4, -0.2) is 26.0 Å². The van der Waals surface area contributed by atoms with E-state index in [1.165, 1.54) is 18.2 Å². The summed E-state index contributed by atoms with van der Waals surface area (Å²) >= 11 is 15.2. The standard InChI is InChI=1S/C15H12BrCl2NO4S/c16-10-1-4-12(5-2-10)19(8-7-15(20)21)24(22,23)14-9-11(17)3-6-13(14)18/h1-6,9H,7-8H2,(H,20,21). The van der Waals surface area contributed by atoms with Crippen LogP contribution >= 0.6 is 39.1 Å². The van der Waals surface area contributed by atoms with Gasteiger partial charge in [-0.15, -0.1) is 0 Å². The monoisotopic (exact) mass is 451 g/mol. The van der Waals surface area contributed by atoms with Gasteiger partial charge in [-0.2, -0.15) is 0 Å². The molecule has 0 saturated heterocycles. The van der Waals surface area contributed by atoms with Gasteiger partial charge in [0.25, 0.3) is 10.0 Å². The van der Waals surface area contributed by atoms with Crippen LogP contribution in [0.1, 0.15) is 6.42 Å². The number of nitrogens with zero attached hydrogens (tertiary/aromatic N) is 1. The van der Waals surface area contributed by atoms with E-state index in [4.69, 9.17) is 28.3 Å². The number of benzene rings is 2. The van der Waals surface area contributed by atoms with Gasteiger partial charge >= 0.3 is 5.97 Å². The molecule has 0 aromatic heterocycles. The molecule has 1 N–H and O–H groups in total. The number of rotatable bonds is 6. The highest BCUT2D eigenvalue weighted by atomic mass is 79.9. The van der Waals surface area contributed by atoms with Crippen LogP contribution in [0.4, 0.5) is 5.69 Å². The van der Waals surface area contributed by atoms with Crippen molar-refractivity contribution in [3.8, 4) is 0 Å². The molecular weight excluding hydrogens is 441 g/mol. The summed E-state index contributed by atoms with van der Waals surface area (Å²) in [6.45, 7) is -0.234. The second kappa shape index (κ2) is 7.74. The van der Waals surface area contributed by atoms with Gasteiger partial charge in [0, 0.05) is 16.0 Å². The van der Waals surface area contributed by atoms with Gasteiger partial charge in [0.15, 0.2) is 0 Å². The van der Waals surface area contributed by atoms with Crippen LogP contribution in [0.25, 0.3) is 0 Å². The summed E-state index contributed by atoms with van der Waals surface area (Å²) in [5, 5.41) is 9.14. The van der Waals surface area contributed by atoms with Gasteiger partial charge in [0.05, 0.1) is 17.1 Å². The highest BCUT2D eigenvalue weighted by molar-refractivity contribution is 9.10. The molecule has 0 atom stereocenters. The molecule has 0 amide bonds. The molecule has 128 valence electrons. The minimum absolute atomic E-state index is 0.0110. The molecule has 0 aliphatic rings. The molecule has 0 aliphatic heterocycles. The molecule has 2 aromatic rings. The fraction of sp³-hybridized carbons (Fsp3) is 0.133. The highest BCUT2D eigenvalue weighted by Gasteiger charge is 2.28. The van der Waals surface area contributed by atoms with E-state index >= 15 is 0 Å². The Morgan fingerprint density at radius 1 is 1.12 bits per heavy atom. The Labute approximate surface area is 158 Å². The maximum atomic E-state index is 13.0. The van der Waals surface area contributed by atoms with E-state index in [1.807, 2.05) is 0 Å². The Bertz CT molecular complexity index is 856. The van der Waals surface area contributed by atoms with Crippen molar-refractivity contribution >= 4 is 60.8 Å². The fourth-order valence-corrected chi connectivity index (χ4v) is 4.46. The highest BCUT2D eigenvalue weighted by Crippen LogP contribution is 2.31. The van der Waals surface area contributed by atoms with E-state index in [1.54, 1.807) is 24.3 Å². The van der Waals surface area contributed by atoms with Crippen molar-refractivity contribution in [2.75, 3.05) is 10.8 Å². The Kier molecular flexibility index (Phi) is 6.14. The minimum atomic E-state index is -4.08. The lowest BCUT2D eigenvalue weighted by Gasteiger charge is -2.24. The Hall–Kier alpha value is -1.28. The molecule has 0 saturated carbocycles. The van der Waals surface area contributed by atoms with Crippen LogP contribution in [-0.2, 0) is 14.8 Å². The molecule has 0 fully saturated rings. The molecule has 0 radical (unpaired) electrons. The summed E-state index contributed by atoms with van der Waals surface area (Å²) < 4.78 is 27.7. The van der Waals surface area contributed by atoms with Crippen molar-refractivity contribution in [3.63, 3.8) is 0 Å². The number of hydrogen-bond donors (Lipinski definition) is 1. The number of halogens is 3. The second-order valence-electron chi connectivity index (χ2n) is 4.77. The lowest BCUT2D eigenvalue weighted by molar-refractivity contribution is -0.136. The van der Waals surface area contributed by atoms with Gasteiger partial charge in [-0.3, -0.25) is 9.10 Å². The normalized spacial score (nSPS) is 11.3. The fourth-order valence-electron chi connectivity index (χ4n) is 1.99. The summed E-state index contributed by atoms with van der Waals surface area (Å²) in [7, 11) is -4.08. The Morgan fingerprint density at radius 3 is 2.33 bits per heavy atom. The van der Waals surface area contributed by atoms with Crippen molar-refractivity contribution in [1.82, 2.24) is 0 Å². The van der Waals surface area contributed by atoms with Crippen molar-refractivity contribution in [3.05, 3.63) is 57.0 Å². The van der Waals surface area contributed by atoms with Crippen molar-refractivity contribution < 1.29 is 18.3 Å². The van der Waals surface area contributed by atoms with Crippen LogP contribution < -0.4 is 4.31 Å². The van der Waals surface area contributed by atoms with Gasteiger partial charge in [-0.05, 0) is 42.5 Å². The maximum absolute atomic E-state index is 13.0. The molecule has 0 aliphatic carbocycles. The van der Waals surface area contributed by atoms with Gasteiger partial charge in [-0.25, -0.2) is 8.42 Å². The first kappa shape index (κ1) is 19.1. The zero-order valence-corrected chi connectivity index (χ0v) is 16.0. The number of anilines is 1. The molecule has 24 heavy (non-hydrogen) atoms. The predicted octanol–water partition coefficient (Wildman–Crippen LogP) is 4.43. The molecular formula is C15H12BrCl2NO4S. The number of hydrogen-bond acceptors (Lipinski definition) is 3. The zero-order valence-electron chi connectivity index (χ0n) is 12.1. The number of aliphatic carboxylic acids is 1. The van der Waals surface area contributed by atoms with Crippen LogP contribution in [0.2, 0.25) is 10.0 Å². The first-order valence-corrected chi connectivity index (χ1v) is 9.66. The summed E-state index contributed by atoms with van der Waals surface area (Å²) in [5.41, 5.74) is 0.329. The van der Waals surface area contributed by atoms with E-state index in [-0.39, 0.29) is 27.9 Å². The molecule has 0 bridgehead atoms. The topological polar surface area (TPSA) is 74.7 Å². The number of carboxylic acids is 1. The second-order valence-corrected chi connectivity index (χ2v) is 8.36. The van der Waals surface area contributed by atoms with Crippen molar-refractivity contribution in [2.24, 2.45) is 0 Å². The lowest BCUT2D eigenvalue weighted by atomic mass is 10.3. The molecule has 2 rings (SSSR count). The number of carboxylic acid groups (broad SMARTS) is 1. The molecule has 5 nitrogen and oxygen atoms in total. The van der Waals surface area contributed by atoms with Gasteiger partial charge in [0.2, 0.25) is 0 Å². The van der Waals surface area contributed by atoms with E-state index < -0.39 is 16.0 Å². The smallest absolute Gasteiger partial charge is 0.305 e. The van der Waals surface area contributed by atoms with Crippen LogP contribution in [0.5, 0.6) is 0 Å². The number of carbonyl (C=O) groups is 1. The third-order valence-corrected chi connectivity index (χ3v) is 6.18. The van der Waals surface area contributed by atoms with Crippen LogP contribution in [0, 0.1) is 0 Å². The first-order chi connectivity index (χ1) is 11.2. The lowest BCUT2D eigenvalue weighted by Crippen LogP contribution is -2.33. The maximum Gasteiger partial charge on any atom is 0.305 e. The SMILES string of the molecule is O=C(O)CCN(c1ccc(Br)cc1)S(=O)(=O)c1cc(Cl)ccc1Cl. The summed E-state index contributed by atoms with van der Waals surface area (Å²) in [6, 6.07) is 10.6. The van der Waals surface area contributed by atoms with Crippen LogP contribution in [0.3, 0.4) is 0 Å². The Balaban J connectivity index is 2.54. The first-order valence-electron chi connectivity index (χ1n) is 6.67. The van der Waals surface area contributed by atoms with E-state index in [9.17, 15) is 13.2 Å². The summed E-state index contributed by atoms with van der Waals surface area (Å²) in [5.74, 6) is -1.11.